The van der Waals surface area contributed by atoms with Crippen LogP contribution < -0.4 is 11.1 Å². The molecule has 0 radical (unpaired) electrons. The van der Waals surface area contributed by atoms with Gasteiger partial charge in [-0.25, -0.2) is 0 Å². The van der Waals surface area contributed by atoms with Crippen LogP contribution in [0.15, 0.2) is 12.4 Å². The molecule has 0 aliphatic heterocycles. The van der Waals surface area contributed by atoms with Gasteiger partial charge < -0.3 is 15.6 Å². The van der Waals surface area contributed by atoms with Crippen molar-refractivity contribution in [2.75, 3.05) is 6.54 Å². The van der Waals surface area contributed by atoms with Crippen molar-refractivity contribution in [2.45, 2.75) is 52.1 Å². The summed E-state index contributed by atoms with van der Waals surface area (Å²) in [5, 5.41) is 3.61. The lowest BCUT2D eigenvalue weighted by atomic mass is 9.91. The molecule has 1 amide bonds. The van der Waals surface area contributed by atoms with E-state index in [2.05, 4.69) is 29.2 Å². The first-order valence-electron chi connectivity index (χ1n) is 7.33. The Kier molecular flexibility index (Phi) is 4.64. The third-order valence-corrected chi connectivity index (χ3v) is 3.92. The Morgan fingerprint density at radius 2 is 2.37 bits per heavy atom. The molecule has 2 rings (SSSR count). The van der Waals surface area contributed by atoms with Crippen molar-refractivity contribution in [1.82, 2.24) is 9.88 Å². The zero-order chi connectivity index (χ0) is 13.8. The van der Waals surface area contributed by atoms with Crippen molar-refractivity contribution in [2.24, 2.45) is 11.7 Å². The van der Waals surface area contributed by atoms with Crippen molar-refractivity contribution in [3.8, 4) is 0 Å². The molecule has 0 saturated heterocycles. The van der Waals surface area contributed by atoms with Crippen LogP contribution in [0.1, 0.15) is 50.3 Å². The van der Waals surface area contributed by atoms with Gasteiger partial charge in [0.05, 0.1) is 5.92 Å². The van der Waals surface area contributed by atoms with Gasteiger partial charge in [0.15, 0.2) is 0 Å². The predicted octanol–water partition coefficient (Wildman–Crippen LogP) is 1.99. The largest absolute Gasteiger partial charge is 0.369 e. The van der Waals surface area contributed by atoms with Gasteiger partial charge in [-0.05, 0) is 43.4 Å². The number of nitrogens with two attached hydrogens (primary N) is 1. The van der Waals surface area contributed by atoms with Crippen LogP contribution in [0.5, 0.6) is 0 Å². The number of fused-ring (bicyclic) bond motifs is 1. The fraction of sp³-hybridized carbons (Fsp3) is 0.667. The van der Waals surface area contributed by atoms with E-state index in [0.717, 1.165) is 19.4 Å². The summed E-state index contributed by atoms with van der Waals surface area (Å²) in [7, 11) is 0. The fourth-order valence-electron chi connectivity index (χ4n) is 2.79. The second kappa shape index (κ2) is 6.24. The van der Waals surface area contributed by atoms with Gasteiger partial charge >= 0.3 is 0 Å². The Morgan fingerprint density at radius 1 is 1.58 bits per heavy atom. The van der Waals surface area contributed by atoms with Crippen molar-refractivity contribution in [1.29, 1.82) is 0 Å². The molecule has 3 N–H and O–H groups in total. The minimum atomic E-state index is -0.229. The number of carbonyl (C=O) groups is 1. The number of hydrogen-bond acceptors (Lipinski definition) is 2. The van der Waals surface area contributed by atoms with Gasteiger partial charge in [-0.1, -0.05) is 13.8 Å². The molecule has 1 aromatic heterocycles. The van der Waals surface area contributed by atoms with Gasteiger partial charge in [-0.3, -0.25) is 4.79 Å². The van der Waals surface area contributed by atoms with E-state index < -0.39 is 0 Å². The molecule has 1 aliphatic carbocycles. The number of amides is 1. The van der Waals surface area contributed by atoms with E-state index in [9.17, 15) is 4.79 Å². The number of carbonyl (C=O) groups excluding carboxylic acids is 1. The van der Waals surface area contributed by atoms with Gasteiger partial charge in [0.1, 0.15) is 0 Å². The monoisotopic (exact) mass is 263 g/mol. The molecule has 4 nitrogen and oxygen atoms in total. The van der Waals surface area contributed by atoms with Crippen LogP contribution in [-0.2, 0) is 17.8 Å². The van der Waals surface area contributed by atoms with Crippen LogP contribution in [0.4, 0.5) is 0 Å². The van der Waals surface area contributed by atoms with Crippen molar-refractivity contribution in [3.05, 3.63) is 23.5 Å². The first kappa shape index (κ1) is 14.1. The minimum absolute atomic E-state index is 0.115. The van der Waals surface area contributed by atoms with E-state index in [-0.39, 0.29) is 11.8 Å². The third kappa shape index (κ3) is 3.38. The molecule has 0 bridgehead atoms. The standard InChI is InChI=1S/C15H25N3O/c1-3-7-17-14-6-4-5-12-9-18(10-13(12)14)8-11(2)15(16)19/h9-11,14,17H,3-8H2,1-2H3,(H2,16,19). The quantitative estimate of drug-likeness (QED) is 0.824. The topological polar surface area (TPSA) is 60.1 Å². The molecule has 2 unspecified atom stereocenters. The summed E-state index contributed by atoms with van der Waals surface area (Å²) in [5.41, 5.74) is 8.18. The summed E-state index contributed by atoms with van der Waals surface area (Å²) in [6.45, 7) is 5.82. The Morgan fingerprint density at radius 3 is 3.05 bits per heavy atom. The van der Waals surface area contributed by atoms with E-state index >= 15 is 0 Å². The van der Waals surface area contributed by atoms with Crippen molar-refractivity contribution < 1.29 is 4.79 Å². The molecule has 19 heavy (non-hydrogen) atoms. The lowest BCUT2D eigenvalue weighted by Crippen LogP contribution is -2.25. The highest BCUT2D eigenvalue weighted by molar-refractivity contribution is 5.76. The van der Waals surface area contributed by atoms with Crippen LogP contribution in [-0.4, -0.2) is 17.0 Å². The number of nitrogens with one attached hydrogen (secondary N) is 1. The Balaban J connectivity index is 2.09. The molecule has 0 spiro atoms. The first-order valence-corrected chi connectivity index (χ1v) is 7.33. The van der Waals surface area contributed by atoms with Gasteiger partial charge in [0, 0.05) is 25.0 Å². The zero-order valence-electron chi connectivity index (χ0n) is 12.0. The van der Waals surface area contributed by atoms with Crippen LogP contribution >= 0.6 is 0 Å². The Hall–Kier alpha value is -1.29. The molecule has 0 fully saturated rings. The summed E-state index contributed by atoms with van der Waals surface area (Å²) in [5.74, 6) is -0.344. The van der Waals surface area contributed by atoms with Crippen LogP contribution in [0, 0.1) is 5.92 Å². The van der Waals surface area contributed by atoms with Crippen molar-refractivity contribution in [3.63, 3.8) is 0 Å². The molecule has 1 aromatic rings. The summed E-state index contributed by atoms with van der Waals surface area (Å²) < 4.78 is 2.13. The summed E-state index contributed by atoms with van der Waals surface area (Å²) in [6.07, 6.45) is 9.14. The molecular weight excluding hydrogens is 238 g/mol. The molecule has 0 saturated carbocycles. The van der Waals surface area contributed by atoms with Crippen LogP contribution in [0.25, 0.3) is 0 Å². The Labute approximate surface area is 115 Å². The van der Waals surface area contributed by atoms with E-state index in [1.165, 1.54) is 24.0 Å². The maximum Gasteiger partial charge on any atom is 0.222 e. The number of nitrogens with zero attached hydrogens (tertiary/aromatic N) is 1. The smallest absolute Gasteiger partial charge is 0.222 e. The van der Waals surface area contributed by atoms with Gasteiger partial charge in [-0.2, -0.15) is 0 Å². The van der Waals surface area contributed by atoms with E-state index in [0.29, 0.717) is 12.6 Å². The molecule has 1 aliphatic rings. The zero-order valence-corrected chi connectivity index (χ0v) is 12.0. The lowest BCUT2D eigenvalue weighted by molar-refractivity contribution is -0.121. The lowest BCUT2D eigenvalue weighted by Gasteiger charge is -2.23. The highest BCUT2D eigenvalue weighted by Gasteiger charge is 2.22. The SMILES string of the molecule is CCCNC1CCCc2cn(CC(C)C(N)=O)cc21. The minimum Gasteiger partial charge on any atom is -0.369 e. The normalized spacial score (nSPS) is 20.0. The number of primary amides is 1. The van der Waals surface area contributed by atoms with Crippen LogP contribution in [0.3, 0.4) is 0 Å². The third-order valence-electron chi connectivity index (χ3n) is 3.92. The highest BCUT2D eigenvalue weighted by Crippen LogP contribution is 2.30. The molecular formula is C15H25N3O. The van der Waals surface area contributed by atoms with Crippen molar-refractivity contribution >= 4 is 5.91 Å². The molecule has 1 heterocycles. The van der Waals surface area contributed by atoms with Gasteiger partial charge in [0.25, 0.3) is 0 Å². The van der Waals surface area contributed by atoms with E-state index in [1.54, 1.807) is 0 Å². The second-order valence-electron chi connectivity index (χ2n) is 5.64. The summed E-state index contributed by atoms with van der Waals surface area (Å²) in [6, 6.07) is 0.480. The van der Waals surface area contributed by atoms with Crippen LogP contribution in [0.2, 0.25) is 0 Å². The molecule has 2 atom stereocenters. The summed E-state index contributed by atoms with van der Waals surface area (Å²) >= 11 is 0. The number of rotatable bonds is 6. The highest BCUT2D eigenvalue weighted by atomic mass is 16.1. The number of hydrogen-bond donors (Lipinski definition) is 2. The summed E-state index contributed by atoms with van der Waals surface area (Å²) in [4.78, 5) is 11.1. The molecule has 4 heteroatoms. The fourth-order valence-corrected chi connectivity index (χ4v) is 2.79. The molecule has 0 aromatic carbocycles. The average molecular weight is 263 g/mol. The first-order chi connectivity index (χ1) is 9.11. The van der Waals surface area contributed by atoms with Gasteiger partial charge in [-0.15, -0.1) is 0 Å². The number of aryl methyl sites for hydroxylation is 1. The maximum atomic E-state index is 11.1. The average Bonchev–Trinajstić information content (AvgIpc) is 2.78. The molecule has 106 valence electrons. The second-order valence-corrected chi connectivity index (χ2v) is 5.64. The van der Waals surface area contributed by atoms with E-state index in [1.807, 2.05) is 6.92 Å². The van der Waals surface area contributed by atoms with Gasteiger partial charge in [0.2, 0.25) is 5.91 Å². The van der Waals surface area contributed by atoms with E-state index in [4.69, 9.17) is 5.73 Å². The number of aromatic nitrogens is 1. The predicted molar refractivity (Wildman–Crippen MR) is 76.8 cm³/mol. The maximum absolute atomic E-state index is 11.1. The Bertz CT molecular complexity index is 439.